The lowest BCUT2D eigenvalue weighted by atomic mass is 9.93. The lowest BCUT2D eigenvalue weighted by Gasteiger charge is -2.27. The summed E-state index contributed by atoms with van der Waals surface area (Å²) < 4.78 is 25.9. The van der Waals surface area contributed by atoms with Crippen LogP contribution in [0.25, 0.3) is 11.1 Å². The highest BCUT2D eigenvalue weighted by Crippen LogP contribution is 2.47. The number of amides is 1. The summed E-state index contributed by atoms with van der Waals surface area (Å²) >= 11 is 12.3. The molecule has 0 fully saturated rings. The second kappa shape index (κ2) is 9.49. The molecule has 0 spiro atoms. The van der Waals surface area contributed by atoms with Gasteiger partial charge >= 0.3 is 0 Å². The van der Waals surface area contributed by atoms with Crippen molar-refractivity contribution < 1.29 is 13.2 Å². The highest BCUT2D eigenvalue weighted by Gasteiger charge is 2.43. The number of benzene rings is 3. The highest BCUT2D eigenvalue weighted by atomic mass is 35.5. The van der Waals surface area contributed by atoms with E-state index in [9.17, 15) is 18.0 Å². The zero-order valence-corrected chi connectivity index (χ0v) is 22.3. The smallest absolute Gasteiger partial charge is 0.260 e. The summed E-state index contributed by atoms with van der Waals surface area (Å²) in [5.41, 5.74) is 2.06. The van der Waals surface area contributed by atoms with Crippen molar-refractivity contribution in [2.45, 2.75) is 23.9 Å². The molecule has 0 saturated carbocycles. The molecule has 2 heterocycles. The number of pyridine rings is 1. The molecular formula is C28H22Cl2N2O4S. The van der Waals surface area contributed by atoms with Gasteiger partial charge in [0.15, 0.2) is 9.84 Å². The van der Waals surface area contributed by atoms with Crippen LogP contribution in [0, 0.1) is 0 Å². The number of sulfone groups is 1. The number of fused-ring (bicyclic) bond motifs is 1. The van der Waals surface area contributed by atoms with Gasteiger partial charge in [0.05, 0.1) is 17.0 Å². The van der Waals surface area contributed by atoms with Gasteiger partial charge in [-0.15, -0.1) is 0 Å². The molecule has 2 atom stereocenters. The molecule has 6 nitrogen and oxygen atoms in total. The first-order valence-corrected chi connectivity index (χ1v) is 14.1. The van der Waals surface area contributed by atoms with Gasteiger partial charge < -0.3 is 0 Å². The van der Waals surface area contributed by atoms with Gasteiger partial charge in [0.25, 0.3) is 5.56 Å². The molecule has 0 aliphatic carbocycles. The van der Waals surface area contributed by atoms with Crippen molar-refractivity contribution >= 4 is 44.8 Å². The molecule has 3 aromatic carbocycles. The first-order chi connectivity index (χ1) is 17.6. The predicted octanol–water partition coefficient (Wildman–Crippen LogP) is 5.92. The summed E-state index contributed by atoms with van der Waals surface area (Å²) in [5.74, 6) is 0.219. The summed E-state index contributed by atoms with van der Waals surface area (Å²) in [6, 6.07) is 22.9. The summed E-state index contributed by atoms with van der Waals surface area (Å²) in [5, 5.41) is 1.11. The van der Waals surface area contributed by atoms with E-state index in [0.29, 0.717) is 27.0 Å². The Kier molecular flexibility index (Phi) is 6.48. The molecule has 0 saturated heterocycles. The lowest BCUT2D eigenvalue weighted by molar-refractivity contribution is -0.117. The van der Waals surface area contributed by atoms with E-state index in [1.165, 1.54) is 19.1 Å². The minimum absolute atomic E-state index is 0.119. The topological polar surface area (TPSA) is 76.5 Å². The molecule has 1 aliphatic rings. The van der Waals surface area contributed by atoms with Crippen molar-refractivity contribution in [2.75, 3.05) is 11.2 Å². The number of halogens is 2. The molecule has 0 unspecified atom stereocenters. The standard InChI is InChI=1S/C28H22Cl2N2O4S/c1-17(33)31-25-15-14-24(20-4-3-5-23(16-20)37(2,35)36)28(34)32(25)27(19-8-12-22(30)13-9-19)26(31)18-6-10-21(29)11-7-18/h3-16,26-27H,1-2H3/t26-,27+/m0/s1. The van der Waals surface area contributed by atoms with Crippen LogP contribution in [0.15, 0.2) is 94.6 Å². The van der Waals surface area contributed by atoms with Crippen molar-refractivity contribution in [2.24, 2.45) is 0 Å². The average Bonchev–Trinajstić information content (AvgIpc) is 3.21. The van der Waals surface area contributed by atoms with Crippen LogP contribution in [0.2, 0.25) is 10.0 Å². The number of hydrogen-bond acceptors (Lipinski definition) is 4. The Labute approximate surface area is 224 Å². The summed E-state index contributed by atoms with van der Waals surface area (Å²) in [6.45, 7) is 1.46. The number of anilines is 1. The van der Waals surface area contributed by atoms with Crippen molar-refractivity contribution in [3.8, 4) is 11.1 Å². The molecule has 9 heteroatoms. The number of rotatable bonds is 4. The molecule has 37 heavy (non-hydrogen) atoms. The van der Waals surface area contributed by atoms with Crippen LogP contribution in [-0.4, -0.2) is 25.1 Å². The quantitative estimate of drug-likeness (QED) is 0.314. The second-order valence-corrected chi connectivity index (χ2v) is 11.9. The maximum atomic E-state index is 14.1. The largest absolute Gasteiger partial charge is 0.288 e. The van der Waals surface area contributed by atoms with Crippen molar-refractivity contribution in [3.05, 3.63) is 116 Å². The third kappa shape index (κ3) is 4.59. The number of aromatic nitrogens is 1. The van der Waals surface area contributed by atoms with Crippen LogP contribution in [0.3, 0.4) is 0 Å². The Balaban J connectivity index is 1.78. The number of hydrogen-bond donors (Lipinski definition) is 0. The molecule has 5 rings (SSSR count). The van der Waals surface area contributed by atoms with E-state index in [2.05, 4.69) is 0 Å². The van der Waals surface area contributed by atoms with E-state index >= 15 is 0 Å². The normalized spacial score (nSPS) is 17.0. The van der Waals surface area contributed by atoms with E-state index in [1.54, 1.807) is 58.0 Å². The van der Waals surface area contributed by atoms with Gasteiger partial charge in [-0.2, -0.15) is 0 Å². The maximum absolute atomic E-state index is 14.1. The minimum atomic E-state index is -3.47. The Morgan fingerprint density at radius 2 is 1.38 bits per heavy atom. The van der Waals surface area contributed by atoms with Crippen LogP contribution in [-0.2, 0) is 14.6 Å². The Hall–Kier alpha value is -3.39. The van der Waals surface area contributed by atoms with E-state index in [0.717, 1.165) is 17.4 Å². The van der Waals surface area contributed by atoms with E-state index in [4.69, 9.17) is 23.2 Å². The Bertz CT molecular complexity index is 1680. The highest BCUT2D eigenvalue weighted by molar-refractivity contribution is 7.90. The molecule has 1 aliphatic heterocycles. The SMILES string of the molecule is CC(=O)N1c2ccc(-c3cccc(S(C)(=O)=O)c3)c(=O)n2[C@H](c2ccc(Cl)cc2)[C@@H]1c1ccc(Cl)cc1. The lowest BCUT2D eigenvalue weighted by Crippen LogP contribution is -2.31. The molecular weight excluding hydrogens is 531 g/mol. The van der Waals surface area contributed by atoms with Gasteiger partial charge in [0.2, 0.25) is 5.91 Å². The molecule has 0 bridgehead atoms. The number of carbonyl (C=O) groups is 1. The monoisotopic (exact) mass is 552 g/mol. The van der Waals surface area contributed by atoms with Crippen LogP contribution in [0.4, 0.5) is 5.82 Å². The second-order valence-electron chi connectivity index (χ2n) is 8.96. The molecule has 0 N–H and O–H groups in total. The fourth-order valence-corrected chi connectivity index (χ4v) is 5.81. The average molecular weight is 553 g/mol. The van der Waals surface area contributed by atoms with Gasteiger partial charge in [-0.3, -0.25) is 19.1 Å². The predicted molar refractivity (Wildman–Crippen MR) is 146 cm³/mol. The third-order valence-electron chi connectivity index (χ3n) is 6.53. The molecule has 4 aromatic rings. The van der Waals surface area contributed by atoms with Gasteiger partial charge in [-0.25, -0.2) is 8.42 Å². The first kappa shape index (κ1) is 25.3. The number of carbonyl (C=O) groups excluding carboxylic acids is 1. The van der Waals surface area contributed by atoms with Crippen LogP contribution in [0.1, 0.15) is 30.1 Å². The van der Waals surface area contributed by atoms with E-state index in [1.807, 2.05) is 24.3 Å². The van der Waals surface area contributed by atoms with E-state index < -0.39 is 21.9 Å². The van der Waals surface area contributed by atoms with Crippen LogP contribution >= 0.6 is 23.2 Å². The van der Waals surface area contributed by atoms with Crippen molar-refractivity contribution in [3.63, 3.8) is 0 Å². The summed E-state index contributed by atoms with van der Waals surface area (Å²) in [7, 11) is -3.47. The van der Waals surface area contributed by atoms with Crippen LogP contribution < -0.4 is 10.5 Å². The molecule has 0 radical (unpaired) electrons. The van der Waals surface area contributed by atoms with Crippen molar-refractivity contribution in [1.82, 2.24) is 4.57 Å². The van der Waals surface area contributed by atoms with Crippen molar-refractivity contribution in [1.29, 1.82) is 0 Å². The minimum Gasteiger partial charge on any atom is -0.288 e. The zero-order valence-electron chi connectivity index (χ0n) is 19.9. The third-order valence-corrected chi connectivity index (χ3v) is 8.15. The molecule has 1 amide bonds. The Morgan fingerprint density at radius 3 is 1.92 bits per heavy atom. The van der Waals surface area contributed by atoms with Gasteiger partial charge in [-0.1, -0.05) is 59.6 Å². The van der Waals surface area contributed by atoms with Gasteiger partial charge in [0.1, 0.15) is 5.82 Å². The fourth-order valence-electron chi connectivity index (χ4n) is 4.89. The number of nitrogens with zero attached hydrogens (tertiary/aromatic N) is 2. The summed E-state index contributed by atoms with van der Waals surface area (Å²) in [6.07, 6.45) is 1.12. The van der Waals surface area contributed by atoms with Crippen LogP contribution in [0.5, 0.6) is 0 Å². The molecule has 1 aromatic heterocycles. The Morgan fingerprint density at radius 1 is 0.811 bits per heavy atom. The van der Waals surface area contributed by atoms with Gasteiger partial charge in [-0.05, 0) is 65.2 Å². The first-order valence-electron chi connectivity index (χ1n) is 11.4. The van der Waals surface area contributed by atoms with E-state index in [-0.39, 0.29) is 16.4 Å². The zero-order chi connectivity index (χ0) is 26.5. The molecule has 188 valence electrons. The fraction of sp³-hybridized carbons (Fsp3) is 0.143. The summed E-state index contributed by atoms with van der Waals surface area (Å²) in [4.78, 5) is 28.8. The van der Waals surface area contributed by atoms with Gasteiger partial charge in [0, 0.05) is 28.8 Å². The maximum Gasteiger partial charge on any atom is 0.260 e.